The third-order valence-corrected chi connectivity index (χ3v) is 3.67. The molecule has 5 heteroatoms. The molecule has 4 nitrogen and oxygen atoms in total. The largest absolute Gasteiger partial charge is 0.483 e. The molecule has 0 aliphatic rings. The van der Waals surface area contributed by atoms with Gasteiger partial charge in [0.05, 0.1) is 0 Å². The summed E-state index contributed by atoms with van der Waals surface area (Å²) in [7, 11) is 0. The zero-order valence-electron chi connectivity index (χ0n) is 13.6. The smallest absolute Gasteiger partial charge is 0.277 e. The molecule has 2 aromatic rings. The number of ether oxygens (including phenoxy) is 1. The van der Waals surface area contributed by atoms with Crippen molar-refractivity contribution in [3.63, 3.8) is 0 Å². The zero-order chi connectivity index (χ0) is 17.4. The molecule has 1 amide bonds. The first-order chi connectivity index (χ1) is 11.6. The summed E-state index contributed by atoms with van der Waals surface area (Å²) in [4.78, 5) is 11.8. The molecule has 0 unspecified atom stereocenters. The predicted molar refractivity (Wildman–Crippen MR) is 101 cm³/mol. The van der Waals surface area contributed by atoms with Crippen molar-refractivity contribution in [2.24, 2.45) is 5.10 Å². The quantitative estimate of drug-likeness (QED) is 0.595. The zero-order valence-corrected chi connectivity index (χ0v) is 15.2. The summed E-state index contributed by atoms with van der Waals surface area (Å²) in [6, 6.07) is 13.8. The summed E-state index contributed by atoms with van der Waals surface area (Å²) in [6.45, 7) is 3.80. The Bertz CT molecular complexity index is 732. The lowest BCUT2D eigenvalue weighted by molar-refractivity contribution is -0.123. The highest BCUT2D eigenvalue weighted by Gasteiger charge is 2.08. The van der Waals surface area contributed by atoms with Crippen LogP contribution in [0.1, 0.15) is 16.7 Å². The Balaban J connectivity index is 1.80. The summed E-state index contributed by atoms with van der Waals surface area (Å²) in [5.74, 6) is 0.419. The summed E-state index contributed by atoms with van der Waals surface area (Å²) in [5, 5.41) is 3.86. The monoisotopic (exact) mass is 386 g/mol. The van der Waals surface area contributed by atoms with Crippen molar-refractivity contribution in [2.45, 2.75) is 13.8 Å². The third-order valence-electron chi connectivity index (χ3n) is 3.21. The number of carbonyl (C=O) groups excluding carboxylic acids is 1. The SMILES string of the molecule is Cc1cc(Br)cc(C)c1OCC(=O)N/N=C/C=C/c1ccccc1. The van der Waals surface area contributed by atoms with E-state index < -0.39 is 0 Å². The lowest BCUT2D eigenvalue weighted by Gasteiger charge is -2.11. The van der Waals surface area contributed by atoms with Gasteiger partial charge in [0, 0.05) is 10.7 Å². The standard InChI is InChI=1S/C19H19BrN2O2/c1-14-11-17(20)12-15(2)19(14)24-13-18(23)22-21-10-6-9-16-7-4-3-5-8-16/h3-12H,13H2,1-2H3,(H,22,23)/b9-6+,21-10+. The van der Waals surface area contributed by atoms with E-state index in [1.807, 2.05) is 62.4 Å². The number of nitrogens with zero attached hydrogens (tertiary/aromatic N) is 1. The number of allylic oxidation sites excluding steroid dienone is 1. The van der Waals surface area contributed by atoms with Crippen LogP contribution in [0.5, 0.6) is 5.75 Å². The molecule has 124 valence electrons. The summed E-state index contributed by atoms with van der Waals surface area (Å²) < 4.78 is 6.58. The van der Waals surface area contributed by atoms with Gasteiger partial charge in [0.25, 0.3) is 5.91 Å². The molecular formula is C19H19BrN2O2. The number of rotatable bonds is 6. The van der Waals surface area contributed by atoms with Gasteiger partial charge in [-0.1, -0.05) is 52.3 Å². The first-order valence-corrected chi connectivity index (χ1v) is 8.28. The van der Waals surface area contributed by atoms with Gasteiger partial charge in [0.1, 0.15) is 5.75 Å². The molecule has 0 aliphatic carbocycles. The maximum Gasteiger partial charge on any atom is 0.277 e. The number of nitrogens with one attached hydrogen (secondary N) is 1. The minimum atomic E-state index is -0.305. The Hall–Kier alpha value is -2.40. The third kappa shape index (κ3) is 5.66. The fourth-order valence-corrected chi connectivity index (χ4v) is 2.85. The topological polar surface area (TPSA) is 50.7 Å². The van der Waals surface area contributed by atoms with Crippen molar-refractivity contribution in [3.05, 3.63) is 69.7 Å². The van der Waals surface area contributed by atoms with Gasteiger partial charge in [-0.25, -0.2) is 5.43 Å². The van der Waals surface area contributed by atoms with Crippen molar-refractivity contribution >= 4 is 34.1 Å². The molecule has 0 radical (unpaired) electrons. The molecule has 2 rings (SSSR count). The minimum absolute atomic E-state index is 0.0803. The van der Waals surface area contributed by atoms with Gasteiger partial charge in [0.15, 0.2) is 6.61 Å². The van der Waals surface area contributed by atoms with Gasteiger partial charge in [-0.3, -0.25) is 4.79 Å². The Morgan fingerprint density at radius 3 is 2.54 bits per heavy atom. The van der Waals surface area contributed by atoms with Crippen LogP contribution in [0.2, 0.25) is 0 Å². The number of aryl methyl sites for hydroxylation is 2. The average molecular weight is 387 g/mol. The lowest BCUT2D eigenvalue weighted by Crippen LogP contribution is -2.24. The van der Waals surface area contributed by atoms with Crippen molar-refractivity contribution in [1.29, 1.82) is 0 Å². The van der Waals surface area contributed by atoms with E-state index >= 15 is 0 Å². The minimum Gasteiger partial charge on any atom is -0.483 e. The van der Waals surface area contributed by atoms with Crippen LogP contribution in [0.4, 0.5) is 0 Å². The van der Waals surface area contributed by atoms with Crippen LogP contribution in [0.3, 0.4) is 0 Å². The molecule has 0 aliphatic heterocycles. The van der Waals surface area contributed by atoms with Crippen molar-refractivity contribution in [3.8, 4) is 5.75 Å². The van der Waals surface area contributed by atoms with Crippen molar-refractivity contribution in [2.75, 3.05) is 6.61 Å². The van der Waals surface area contributed by atoms with Crippen molar-refractivity contribution in [1.82, 2.24) is 5.43 Å². The molecule has 0 fully saturated rings. The maximum atomic E-state index is 11.8. The van der Waals surface area contributed by atoms with Gasteiger partial charge in [0.2, 0.25) is 0 Å². The van der Waals surface area contributed by atoms with Gasteiger partial charge in [-0.05, 0) is 48.7 Å². The summed E-state index contributed by atoms with van der Waals surface area (Å²) in [6.07, 6.45) is 5.20. The van der Waals surface area contributed by atoms with E-state index in [9.17, 15) is 4.79 Å². The van der Waals surface area contributed by atoms with Crippen LogP contribution >= 0.6 is 15.9 Å². The van der Waals surface area contributed by atoms with Crippen LogP contribution in [0.15, 0.2) is 58.1 Å². The van der Waals surface area contributed by atoms with E-state index in [1.165, 1.54) is 6.21 Å². The van der Waals surface area contributed by atoms with Gasteiger partial charge >= 0.3 is 0 Å². The second-order valence-electron chi connectivity index (χ2n) is 5.24. The Kier molecular flexibility index (Phi) is 6.75. The Labute approximate surface area is 150 Å². The fraction of sp³-hybridized carbons (Fsp3) is 0.158. The highest BCUT2D eigenvalue weighted by Crippen LogP contribution is 2.27. The number of hydrazone groups is 1. The number of amides is 1. The van der Waals surface area contributed by atoms with Crippen molar-refractivity contribution < 1.29 is 9.53 Å². The molecule has 0 saturated heterocycles. The first-order valence-electron chi connectivity index (χ1n) is 7.49. The van der Waals surface area contributed by atoms with Gasteiger partial charge in [-0.15, -0.1) is 0 Å². The first kappa shape index (κ1) is 17.9. The molecule has 0 atom stereocenters. The van der Waals surface area contributed by atoms with E-state index in [4.69, 9.17) is 4.74 Å². The highest BCUT2D eigenvalue weighted by molar-refractivity contribution is 9.10. The van der Waals surface area contributed by atoms with E-state index in [1.54, 1.807) is 6.08 Å². The summed E-state index contributed by atoms with van der Waals surface area (Å²) >= 11 is 3.43. The Morgan fingerprint density at radius 1 is 1.21 bits per heavy atom. The predicted octanol–water partition coefficient (Wildman–Crippen LogP) is 4.26. The number of halogens is 1. The van der Waals surface area contributed by atoms with E-state index in [-0.39, 0.29) is 12.5 Å². The van der Waals surface area contributed by atoms with Crippen LogP contribution in [0, 0.1) is 13.8 Å². The number of carbonyl (C=O) groups is 1. The second kappa shape index (κ2) is 9.03. The average Bonchev–Trinajstić information content (AvgIpc) is 2.54. The van der Waals surface area contributed by atoms with Gasteiger partial charge in [-0.2, -0.15) is 5.10 Å². The van der Waals surface area contributed by atoms with Crippen LogP contribution < -0.4 is 10.2 Å². The van der Waals surface area contributed by atoms with Gasteiger partial charge < -0.3 is 4.74 Å². The molecular weight excluding hydrogens is 368 g/mol. The molecule has 0 bridgehead atoms. The number of hydrogen-bond donors (Lipinski definition) is 1. The highest BCUT2D eigenvalue weighted by atomic mass is 79.9. The fourth-order valence-electron chi connectivity index (χ4n) is 2.17. The Morgan fingerprint density at radius 2 is 1.88 bits per heavy atom. The van der Waals surface area contributed by atoms with Crippen LogP contribution in [0.25, 0.3) is 6.08 Å². The summed E-state index contributed by atoms with van der Waals surface area (Å²) in [5.41, 5.74) is 5.46. The second-order valence-corrected chi connectivity index (χ2v) is 6.16. The molecule has 1 N–H and O–H groups in total. The lowest BCUT2D eigenvalue weighted by atomic mass is 10.1. The molecule has 24 heavy (non-hydrogen) atoms. The van der Waals surface area contributed by atoms with E-state index in [2.05, 4.69) is 26.5 Å². The molecule has 0 aromatic heterocycles. The molecule has 0 saturated carbocycles. The molecule has 0 heterocycles. The molecule has 0 spiro atoms. The number of hydrogen-bond acceptors (Lipinski definition) is 3. The normalized spacial score (nSPS) is 11.1. The van der Waals surface area contributed by atoms with E-state index in [0.29, 0.717) is 0 Å². The van der Waals surface area contributed by atoms with Crippen LogP contribution in [-0.2, 0) is 4.79 Å². The van der Waals surface area contributed by atoms with E-state index in [0.717, 1.165) is 26.9 Å². The maximum absolute atomic E-state index is 11.8. The number of benzene rings is 2. The van der Waals surface area contributed by atoms with Crippen LogP contribution in [-0.4, -0.2) is 18.7 Å². The molecule has 2 aromatic carbocycles.